The third kappa shape index (κ3) is 2.93. The topological polar surface area (TPSA) is 47.6 Å². The zero-order valence-electron chi connectivity index (χ0n) is 9.41. The van der Waals surface area contributed by atoms with Crippen LogP contribution in [0.4, 0.5) is 10.1 Å². The number of nitrogens with one attached hydrogen (secondary N) is 1. The van der Waals surface area contributed by atoms with Crippen molar-refractivity contribution in [2.75, 3.05) is 19.5 Å². The van der Waals surface area contributed by atoms with Gasteiger partial charge in [-0.05, 0) is 19.1 Å². The number of hydrogen-bond acceptors (Lipinski definition) is 3. The summed E-state index contributed by atoms with van der Waals surface area (Å²) in [4.78, 5) is 11.5. The van der Waals surface area contributed by atoms with E-state index in [9.17, 15) is 9.18 Å². The van der Waals surface area contributed by atoms with Gasteiger partial charge in [-0.2, -0.15) is 0 Å². The van der Waals surface area contributed by atoms with Crippen molar-refractivity contribution in [1.82, 2.24) is 0 Å². The molecule has 0 saturated heterocycles. The maximum absolute atomic E-state index is 13.3. The standard InChI is InChI=1S/C11H14FNO3/c1-7(15-2)11(14)13-10-6-8(16-3)4-5-9(10)12/h4-7H,1-3H3,(H,13,14). The molecule has 1 atom stereocenters. The fraction of sp³-hybridized carbons (Fsp3) is 0.364. The fourth-order valence-corrected chi connectivity index (χ4v) is 1.07. The van der Waals surface area contributed by atoms with Crippen molar-refractivity contribution < 1.29 is 18.7 Å². The van der Waals surface area contributed by atoms with Crippen LogP contribution in [0.15, 0.2) is 18.2 Å². The van der Waals surface area contributed by atoms with E-state index in [4.69, 9.17) is 9.47 Å². The van der Waals surface area contributed by atoms with E-state index < -0.39 is 17.8 Å². The first kappa shape index (κ1) is 12.4. The summed E-state index contributed by atoms with van der Waals surface area (Å²) in [5, 5.41) is 2.42. The molecular weight excluding hydrogens is 213 g/mol. The van der Waals surface area contributed by atoms with Crippen molar-refractivity contribution in [2.24, 2.45) is 0 Å². The maximum Gasteiger partial charge on any atom is 0.253 e. The molecule has 0 spiro atoms. The summed E-state index contributed by atoms with van der Waals surface area (Å²) in [6, 6.07) is 4.12. The van der Waals surface area contributed by atoms with E-state index in [0.717, 1.165) is 0 Å². The van der Waals surface area contributed by atoms with Gasteiger partial charge in [-0.1, -0.05) is 0 Å². The maximum atomic E-state index is 13.3. The number of amides is 1. The lowest BCUT2D eigenvalue weighted by molar-refractivity contribution is -0.124. The third-order valence-corrected chi connectivity index (χ3v) is 2.15. The molecule has 0 aromatic heterocycles. The molecule has 1 unspecified atom stereocenters. The van der Waals surface area contributed by atoms with E-state index in [1.54, 1.807) is 6.92 Å². The molecule has 0 aliphatic heterocycles. The van der Waals surface area contributed by atoms with Gasteiger partial charge in [0.2, 0.25) is 0 Å². The van der Waals surface area contributed by atoms with Crippen molar-refractivity contribution in [3.8, 4) is 5.75 Å². The summed E-state index contributed by atoms with van der Waals surface area (Å²) < 4.78 is 23.1. The van der Waals surface area contributed by atoms with Gasteiger partial charge >= 0.3 is 0 Å². The lowest BCUT2D eigenvalue weighted by atomic mass is 10.2. The van der Waals surface area contributed by atoms with E-state index in [0.29, 0.717) is 5.75 Å². The lowest BCUT2D eigenvalue weighted by Gasteiger charge is -2.11. The minimum absolute atomic E-state index is 0.0771. The smallest absolute Gasteiger partial charge is 0.253 e. The summed E-state index contributed by atoms with van der Waals surface area (Å²) in [7, 11) is 2.88. The quantitative estimate of drug-likeness (QED) is 0.853. The van der Waals surface area contributed by atoms with Crippen LogP contribution in [0.2, 0.25) is 0 Å². The molecule has 1 N–H and O–H groups in total. The van der Waals surface area contributed by atoms with Gasteiger partial charge in [0.1, 0.15) is 17.7 Å². The van der Waals surface area contributed by atoms with Gasteiger partial charge in [-0.15, -0.1) is 0 Å². The number of rotatable bonds is 4. The summed E-state index contributed by atoms with van der Waals surface area (Å²) in [5.41, 5.74) is 0.0771. The molecule has 0 aliphatic rings. The molecule has 0 heterocycles. The average molecular weight is 227 g/mol. The van der Waals surface area contributed by atoms with Crippen LogP contribution in [0.1, 0.15) is 6.92 Å². The van der Waals surface area contributed by atoms with Crippen LogP contribution in [-0.4, -0.2) is 26.2 Å². The third-order valence-electron chi connectivity index (χ3n) is 2.15. The number of carbonyl (C=O) groups is 1. The predicted octanol–water partition coefficient (Wildman–Crippen LogP) is 1.81. The molecule has 0 bridgehead atoms. The van der Waals surface area contributed by atoms with Gasteiger partial charge in [0.25, 0.3) is 5.91 Å². The Morgan fingerprint density at radius 1 is 1.44 bits per heavy atom. The summed E-state index contributed by atoms with van der Waals surface area (Å²) in [6.07, 6.45) is -0.634. The Bertz CT molecular complexity index is 381. The van der Waals surface area contributed by atoms with Gasteiger partial charge in [0, 0.05) is 13.2 Å². The number of ether oxygens (including phenoxy) is 2. The highest BCUT2D eigenvalue weighted by Gasteiger charge is 2.14. The lowest BCUT2D eigenvalue weighted by Crippen LogP contribution is -2.26. The van der Waals surface area contributed by atoms with Crippen molar-refractivity contribution in [3.63, 3.8) is 0 Å². The number of benzene rings is 1. The fourth-order valence-electron chi connectivity index (χ4n) is 1.07. The van der Waals surface area contributed by atoms with Crippen molar-refractivity contribution in [3.05, 3.63) is 24.0 Å². The second-order valence-electron chi connectivity index (χ2n) is 3.21. The Morgan fingerprint density at radius 3 is 2.69 bits per heavy atom. The van der Waals surface area contributed by atoms with Crippen LogP contribution in [0, 0.1) is 5.82 Å². The SMILES string of the molecule is COc1ccc(F)c(NC(=O)C(C)OC)c1. The number of carbonyl (C=O) groups excluding carboxylic acids is 1. The molecule has 0 radical (unpaired) electrons. The molecule has 0 saturated carbocycles. The molecule has 0 aliphatic carbocycles. The highest BCUT2D eigenvalue weighted by molar-refractivity contribution is 5.94. The minimum Gasteiger partial charge on any atom is -0.497 e. The van der Waals surface area contributed by atoms with E-state index >= 15 is 0 Å². The number of hydrogen-bond donors (Lipinski definition) is 1. The monoisotopic (exact) mass is 227 g/mol. The van der Waals surface area contributed by atoms with Gasteiger partial charge < -0.3 is 14.8 Å². The second kappa shape index (κ2) is 5.46. The highest BCUT2D eigenvalue weighted by atomic mass is 19.1. The largest absolute Gasteiger partial charge is 0.497 e. The van der Waals surface area contributed by atoms with Crippen molar-refractivity contribution in [1.29, 1.82) is 0 Å². The molecule has 1 aromatic carbocycles. The van der Waals surface area contributed by atoms with Crippen LogP contribution in [0.3, 0.4) is 0 Å². The Labute approximate surface area is 93.4 Å². The number of anilines is 1. The van der Waals surface area contributed by atoms with Crippen LogP contribution in [-0.2, 0) is 9.53 Å². The molecular formula is C11H14FNO3. The molecule has 1 rings (SSSR count). The summed E-state index contributed by atoms with van der Waals surface area (Å²) >= 11 is 0. The summed E-state index contributed by atoms with van der Waals surface area (Å²) in [5.74, 6) is -0.450. The normalized spacial score (nSPS) is 12.0. The van der Waals surface area contributed by atoms with Crippen LogP contribution >= 0.6 is 0 Å². The van der Waals surface area contributed by atoms with Crippen molar-refractivity contribution >= 4 is 11.6 Å². The molecule has 16 heavy (non-hydrogen) atoms. The molecule has 88 valence electrons. The molecule has 1 aromatic rings. The summed E-state index contributed by atoms with van der Waals surface area (Å²) in [6.45, 7) is 1.58. The molecule has 5 heteroatoms. The number of methoxy groups -OCH3 is 2. The van der Waals surface area contributed by atoms with E-state index in [1.807, 2.05) is 0 Å². The first-order valence-electron chi connectivity index (χ1n) is 4.75. The first-order valence-corrected chi connectivity index (χ1v) is 4.75. The molecule has 1 amide bonds. The first-order chi connectivity index (χ1) is 7.58. The predicted molar refractivity (Wildman–Crippen MR) is 58.1 cm³/mol. The van der Waals surface area contributed by atoms with E-state index in [1.165, 1.54) is 32.4 Å². The Kier molecular flexibility index (Phi) is 4.25. The Morgan fingerprint density at radius 2 is 2.12 bits per heavy atom. The van der Waals surface area contributed by atoms with Gasteiger partial charge in [0.05, 0.1) is 12.8 Å². The van der Waals surface area contributed by atoms with Crippen LogP contribution in [0.25, 0.3) is 0 Å². The zero-order valence-corrected chi connectivity index (χ0v) is 9.41. The average Bonchev–Trinajstić information content (AvgIpc) is 2.30. The minimum atomic E-state index is -0.634. The van der Waals surface area contributed by atoms with Crippen LogP contribution < -0.4 is 10.1 Å². The Balaban J connectivity index is 2.83. The van der Waals surface area contributed by atoms with Crippen LogP contribution in [0.5, 0.6) is 5.75 Å². The molecule has 4 nitrogen and oxygen atoms in total. The molecule has 0 fully saturated rings. The Hall–Kier alpha value is -1.62. The zero-order chi connectivity index (χ0) is 12.1. The highest BCUT2D eigenvalue weighted by Crippen LogP contribution is 2.21. The van der Waals surface area contributed by atoms with Crippen molar-refractivity contribution in [2.45, 2.75) is 13.0 Å². The van der Waals surface area contributed by atoms with E-state index in [2.05, 4.69) is 5.32 Å². The van der Waals surface area contributed by atoms with Gasteiger partial charge in [0.15, 0.2) is 0 Å². The van der Waals surface area contributed by atoms with Gasteiger partial charge in [-0.3, -0.25) is 4.79 Å². The second-order valence-corrected chi connectivity index (χ2v) is 3.21. The van der Waals surface area contributed by atoms with Gasteiger partial charge in [-0.25, -0.2) is 4.39 Å². The number of halogens is 1. The van der Waals surface area contributed by atoms with E-state index in [-0.39, 0.29) is 5.69 Å².